The van der Waals surface area contributed by atoms with E-state index in [1.807, 2.05) is 32.0 Å². The van der Waals surface area contributed by atoms with Crippen molar-refractivity contribution in [3.8, 4) is 0 Å². The van der Waals surface area contributed by atoms with Crippen molar-refractivity contribution in [2.45, 2.75) is 111 Å². The summed E-state index contributed by atoms with van der Waals surface area (Å²) in [5.74, 6) is -0.469. The lowest BCUT2D eigenvalue weighted by Crippen LogP contribution is -2.54. The Morgan fingerprint density at radius 2 is 1.54 bits per heavy atom. The lowest BCUT2D eigenvalue weighted by molar-refractivity contribution is -0.142. The van der Waals surface area contributed by atoms with Crippen LogP contribution >= 0.6 is 12.6 Å². The molecule has 0 spiro atoms. The zero-order chi connectivity index (χ0) is 28.0. The number of amides is 3. The first kappa shape index (κ1) is 32.8. The van der Waals surface area contributed by atoms with Gasteiger partial charge >= 0.3 is 6.09 Å². The van der Waals surface area contributed by atoms with Gasteiger partial charge in [0.1, 0.15) is 17.7 Å². The minimum absolute atomic E-state index is 0.0848. The molecule has 210 valence electrons. The van der Waals surface area contributed by atoms with E-state index in [2.05, 4.69) is 37.1 Å². The Bertz CT molecular complexity index is 849. The highest BCUT2D eigenvalue weighted by atomic mass is 32.1. The molecule has 8 heteroatoms. The molecule has 0 heterocycles. The maximum absolute atomic E-state index is 13.9. The maximum atomic E-state index is 13.9. The van der Waals surface area contributed by atoms with Crippen LogP contribution in [0.2, 0.25) is 0 Å². The highest BCUT2D eigenvalue weighted by molar-refractivity contribution is 7.80. The van der Waals surface area contributed by atoms with Gasteiger partial charge < -0.3 is 20.3 Å². The van der Waals surface area contributed by atoms with Crippen molar-refractivity contribution in [1.29, 1.82) is 0 Å². The number of nitrogens with one attached hydrogen (secondary N) is 2. The van der Waals surface area contributed by atoms with Gasteiger partial charge in [0.25, 0.3) is 0 Å². The monoisotopic (exact) mass is 535 g/mol. The fourth-order valence-corrected chi connectivity index (χ4v) is 4.46. The molecule has 7 nitrogen and oxygen atoms in total. The molecule has 1 aromatic rings. The first-order valence-corrected chi connectivity index (χ1v) is 14.3. The lowest BCUT2D eigenvalue weighted by Gasteiger charge is -2.34. The SMILES string of the molecule is CCCCCCCN(C(=O)C(CS)NC(=O)OC(C)(C)C)C(C(=O)NCCCC)c1cc(C)cc(C)c1. The van der Waals surface area contributed by atoms with Gasteiger partial charge in [-0.1, -0.05) is 75.3 Å². The smallest absolute Gasteiger partial charge is 0.408 e. The summed E-state index contributed by atoms with van der Waals surface area (Å²) in [5, 5.41) is 5.71. The molecule has 2 unspecified atom stereocenters. The first-order valence-electron chi connectivity index (χ1n) is 13.7. The van der Waals surface area contributed by atoms with Crippen molar-refractivity contribution >= 4 is 30.5 Å². The number of thiol groups is 1. The summed E-state index contributed by atoms with van der Waals surface area (Å²) < 4.78 is 5.38. The minimum Gasteiger partial charge on any atom is -0.444 e. The summed E-state index contributed by atoms with van der Waals surface area (Å²) in [5.41, 5.74) is 2.11. The Balaban J connectivity index is 3.39. The number of carbonyl (C=O) groups excluding carboxylic acids is 3. The van der Waals surface area contributed by atoms with E-state index in [9.17, 15) is 14.4 Å². The second-order valence-electron chi connectivity index (χ2n) is 10.8. The summed E-state index contributed by atoms with van der Waals surface area (Å²) in [4.78, 5) is 41.7. The van der Waals surface area contributed by atoms with Crippen molar-refractivity contribution < 1.29 is 19.1 Å². The van der Waals surface area contributed by atoms with Crippen LogP contribution < -0.4 is 10.6 Å². The quantitative estimate of drug-likeness (QED) is 0.193. The summed E-state index contributed by atoms with van der Waals surface area (Å²) in [7, 11) is 0. The zero-order valence-electron chi connectivity index (χ0n) is 24.0. The van der Waals surface area contributed by atoms with Crippen molar-refractivity contribution in [1.82, 2.24) is 15.5 Å². The third-order valence-electron chi connectivity index (χ3n) is 5.91. The summed E-state index contributed by atoms with van der Waals surface area (Å²) in [6.07, 6.45) is 6.17. The van der Waals surface area contributed by atoms with Crippen molar-refractivity contribution in [3.05, 3.63) is 34.9 Å². The molecular weight excluding hydrogens is 486 g/mol. The zero-order valence-corrected chi connectivity index (χ0v) is 24.9. The molecule has 2 atom stereocenters. The first-order chi connectivity index (χ1) is 17.4. The van der Waals surface area contributed by atoms with Crippen molar-refractivity contribution in [2.75, 3.05) is 18.8 Å². The van der Waals surface area contributed by atoms with E-state index in [-0.39, 0.29) is 17.6 Å². The number of carbonyl (C=O) groups is 3. The standard InChI is InChI=1S/C29H49N3O4S/c1-8-10-12-13-14-16-32(27(34)24(20-37)31-28(35)36-29(5,6)7)25(26(33)30-15-11-9-2)23-18-21(3)17-22(4)19-23/h17-19,24-25,37H,8-16,20H2,1-7H3,(H,30,33)(H,31,35). The van der Waals surface area contributed by atoms with E-state index in [1.165, 1.54) is 0 Å². The van der Waals surface area contributed by atoms with Gasteiger partial charge in [0.15, 0.2) is 0 Å². The molecule has 1 rings (SSSR count). The number of nitrogens with zero attached hydrogens (tertiary/aromatic N) is 1. The molecule has 37 heavy (non-hydrogen) atoms. The number of rotatable bonds is 15. The van der Waals surface area contributed by atoms with Crippen LogP contribution in [0, 0.1) is 13.8 Å². The topological polar surface area (TPSA) is 87.7 Å². The number of hydrogen-bond acceptors (Lipinski definition) is 5. The van der Waals surface area contributed by atoms with Crippen LogP contribution in [0.4, 0.5) is 4.79 Å². The summed E-state index contributed by atoms with van der Waals surface area (Å²) in [6, 6.07) is 4.24. The number of ether oxygens (including phenoxy) is 1. The molecule has 3 amide bonds. The Morgan fingerprint density at radius 3 is 2.08 bits per heavy atom. The third-order valence-corrected chi connectivity index (χ3v) is 6.27. The highest BCUT2D eigenvalue weighted by Gasteiger charge is 2.35. The molecule has 2 N–H and O–H groups in total. The molecule has 0 aliphatic heterocycles. The van der Waals surface area contributed by atoms with Crippen LogP contribution in [0.5, 0.6) is 0 Å². The van der Waals surface area contributed by atoms with Crippen molar-refractivity contribution in [3.63, 3.8) is 0 Å². The van der Waals surface area contributed by atoms with Gasteiger partial charge in [0.2, 0.25) is 11.8 Å². The Kier molecular flexibility index (Phi) is 14.7. The van der Waals surface area contributed by atoms with Gasteiger partial charge in [-0.3, -0.25) is 9.59 Å². The average Bonchev–Trinajstić information content (AvgIpc) is 2.79. The predicted molar refractivity (Wildman–Crippen MR) is 154 cm³/mol. The van der Waals surface area contributed by atoms with Crippen LogP contribution in [0.3, 0.4) is 0 Å². The summed E-state index contributed by atoms with van der Waals surface area (Å²) >= 11 is 4.36. The molecule has 0 radical (unpaired) electrons. The van der Waals surface area contributed by atoms with Crippen LogP contribution in [0.1, 0.15) is 102 Å². The fourth-order valence-electron chi connectivity index (χ4n) is 4.21. The van der Waals surface area contributed by atoms with E-state index in [0.29, 0.717) is 13.1 Å². The predicted octanol–water partition coefficient (Wildman–Crippen LogP) is 5.88. The number of alkyl carbamates (subject to hydrolysis) is 1. The third kappa shape index (κ3) is 12.2. The van der Waals surface area contributed by atoms with Crippen LogP contribution in [0.15, 0.2) is 18.2 Å². The maximum Gasteiger partial charge on any atom is 0.408 e. The summed E-state index contributed by atoms with van der Waals surface area (Å²) in [6.45, 7) is 14.4. The van der Waals surface area contributed by atoms with Gasteiger partial charge in [0.05, 0.1) is 0 Å². The number of benzene rings is 1. The van der Waals surface area contributed by atoms with E-state index < -0.39 is 23.8 Å². The highest BCUT2D eigenvalue weighted by Crippen LogP contribution is 2.26. The van der Waals surface area contributed by atoms with E-state index >= 15 is 0 Å². The fraction of sp³-hybridized carbons (Fsp3) is 0.690. The van der Waals surface area contributed by atoms with Crippen LogP contribution in [-0.4, -0.2) is 53.3 Å². The molecule has 0 bridgehead atoms. The lowest BCUT2D eigenvalue weighted by atomic mass is 9.98. The number of hydrogen-bond donors (Lipinski definition) is 3. The Morgan fingerprint density at radius 1 is 0.946 bits per heavy atom. The van der Waals surface area contributed by atoms with E-state index in [4.69, 9.17) is 4.74 Å². The van der Waals surface area contributed by atoms with Crippen molar-refractivity contribution in [2.24, 2.45) is 0 Å². The van der Waals surface area contributed by atoms with Crippen LogP contribution in [-0.2, 0) is 14.3 Å². The normalized spacial score (nSPS) is 13.0. The Labute approximate surface area is 229 Å². The second kappa shape index (κ2) is 16.6. The van der Waals surface area contributed by atoms with Gasteiger partial charge in [-0.25, -0.2) is 4.79 Å². The van der Waals surface area contributed by atoms with Crippen LogP contribution in [0.25, 0.3) is 0 Å². The molecule has 0 saturated heterocycles. The molecule has 0 saturated carbocycles. The van der Waals surface area contributed by atoms with Gasteiger partial charge in [0, 0.05) is 18.8 Å². The van der Waals surface area contributed by atoms with E-state index in [1.54, 1.807) is 25.7 Å². The molecule has 0 aromatic heterocycles. The molecular formula is C29H49N3O4S. The Hall–Kier alpha value is -2.22. The second-order valence-corrected chi connectivity index (χ2v) is 11.2. The molecule has 0 aliphatic rings. The van der Waals surface area contributed by atoms with Gasteiger partial charge in [-0.2, -0.15) is 12.6 Å². The molecule has 0 fully saturated rings. The average molecular weight is 536 g/mol. The largest absolute Gasteiger partial charge is 0.444 e. The number of aryl methyl sites for hydroxylation is 2. The van der Waals surface area contributed by atoms with Gasteiger partial charge in [-0.15, -0.1) is 0 Å². The molecule has 0 aliphatic carbocycles. The molecule has 1 aromatic carbocycles. The van der Waals surface area contributed by atoms with Gasteiger partial charge in [-0.05, 0) is 53.0 Å². The number of unbranched alkanes of at least 4 members (excludes halogenated alkanes) is 5. The van der Waals surface area contributed by atoms with E-state index in [0.717, 1.165) is 61.6 Å². The minimum atomic E-state index is -0.925.